The van der Waals surface area contributed by atoms with Gasteiger partial charge >= 0.3 is 0 Å². The highest BCUT2D eigenvalue weighted by Crippen LogP contribution is 2.36. The van der Waals surface area contributed by atoms with Crippen molar-refractivity contribution in [1.29, 1.82) is 0 Å². The van der Waals surface area contributed by atoms with Gasteiger partial charge in [-0.15, -0.1) is 0 Å². The number of hydrogen-bond donors (Lipinski definition) is 1. The highest BCUT2D eigenvalue weighted by Gasteiger charge is 2.30. The molecule has 2 rings (SSSR count). The van der Waals surface area contributed by atoms with E-state index in [2.05, 4.69) is 19.2 Å². The fourth-order valence-corrected chi connectivity index (χ4v) is 2.82. The van der Waals surface area contributed by atoms with Gasteiger partial charge in [-0.2, -0.15) is 0 Å². The van der Waals surface area contributed by atoms with Gasteiger partial charge in [0.05, 0.1) is 0 Å². The van der Waals surface area contributed by atoms with E-state index in [0.717, 1.165) is 6.54 Å². The number of nitrogens with one attached hydrogen (secondary N) is 1. The molecule has 18 heavy (non-hydrogen) atoms. The molecule has 0 bridgehead atoms. The van der Waals surface area contributed by atoms with Crippen LogP contribution in [0.1, 0.15) is 58.8 Å². The van der Waals surface area contributed by atoms with Gasteiger partial charge < -0.3 is 10.2 Å². The molecule has 2 saturated carbocycles. The van der Waals surface area contributed by atoms with E-state index >= 15 is 0 Å². The Labute approximate surface area is 111 Å². The van der Waals surface area contributed by atoms with Gasteiger partial charge in [0, 0.05) is 32.1 Å². The molecule has 0 unspecified atom stereocenters. The van der Waals surface area contributed by atoms with Gasteiger partial charge in [0.1, 0.15) is 0 Å². The minimum absolute atomic E-state index is 0.313. The molecule has 0 radical (unpaired) electrons. The molecule has 1 amide bonds. The zero-order valence-electron chi connectivity index (χ0n) is 12.2. The highest BCUT2D eigenvalue weighted by molar-refractivity contribution is 5.76. The standard InChI is InChI=1S/C15H28N2O/c1-15(2)9-6-13(7-10-15)17(3)14(18)8-11-16-12-4-5-12/h12-13,16H,4-11H2,1-3H3. The van der Waals surface area contributed by atoms with Crippen molar-refractivity contribution in [3.8, 4) is 0 Å². The summed E-state index contributed by atoms with van der Waals surface area (Å²) in [5.74, 6) is 0.313. The lowest BCUT2D eigenvalue weighted by atomic mass is 9.75. The monoisotopic (exact) mass is 252 g/mol. The largest absolute Gasteiger partial charge is 0.343 e. The fourth-order valence-electron chi connectivity index (χ4n) is 2.82. The van der Waals surface area contributed by atoms with Crippen LogP contribution in [0.3, 0.4) is 0 Å². The summed E-state index contributed by atoms with van der Waals surface area (Å²) in [6, 6.07) is 1.19. The van der Waals surface area contributed by atoms with Crippen LogP contribution in [0.15, 0.2) is 0 Å². The number of nitrogens with zero attached hydrogens (tertiary/aromatic N) is 1. The lowest BCUT2D eigenvalue weighted by molar-refractivity contribution is -0.132. The molecular weight excluding hydrogens is 224 g/mol. The van der Waals surface area contributed by atoms with Crippen molar-refractivity contribution in [1.82, 2.24) is 10.2 Å². The van der Waals surface area contributed by atoms with Gasteiger partial charge in [0.15, 0.2) is 0 Å². The molecule has 0 aromatic rings. The van der Waals surface area contributed by atoms with Crippen LogP contribution in [0.5, 0.6) is 0 Å². The fraction of sp³-hybridized carbons (Fsp3) is 0.933. The predicted octanol–water partition coefficient (Wildman–Crippen LogP) is 2.56. The van der Waals surface area contributed by atoms with E-state index in [1.54, 1.807) is 0 Å². The van der Waals surface area contributed by atoms with Crippen molar-refractivity contribution >= 4 is 5.91 Å². The Hall–Kier alpha value is -0.570. The summed E-state index contributed by atoms with van der Waals surface area (Å²) >= 11 is 0. The minimum atomic E-state index is 0.313. The third-order valence-corrected chi connectivity index (χ3v) is 4.60. The minimum Gasteiger partial charge on any atom is -0.343 e. The molecule has 2 fully saturated rings. The second-order valence-corrected chi connectivity index (χ2v) is 6.88. The maximum Gasteiger partial charge on any atom is 0.223 e. The first kappa shape index (κ1) is 13.9. The SMILES string of the molecule is CN(C(=O)CCNC1CC1)C1CCC(C)(C)CC1. The van der Waals surface area contributed by atoms with Crippen molar-refractivity contribution in [2.24, 2.45) is 5.41 Å². The lowest BCUT2D eigenvalue weighted by Gasteiger charge is -2.38. The summed E-state index contributed by atoms with van der Waals surface area (Å²) in [6.45, 7) is 5.53. The second kappa shape index (κ2) is 5.60. The Morgan fingerprint density at radius 3 is 2.39 bits per heavy atom. The van der Waals surface area contributed by atoms with Gasteiger partial charge in [0.2, 0.25) is 5.91 Å². The number of hydrogen-bond acceptors (Lipinski definition) is 2. The maximum atomic E-state index is 12.1. The van der Waals surface area contributed by atoms with E-state index in [1.165, 1.54) is 38.5 Å². The quantitative estimate of drug-likeness (QED) is 0.815. The summed E-state index contributed by atoms with van der Waals surface area (Å²) in [6.07, 6.45) is 8.08. The molecule has 2 aliphatic carbocycles. The van der Waals surface area contributed by atoms with Crippen LogP contribution >= 0.6 is 0 Å². The van der Waals surface area contributed by atoms with E-state index in [-0.39, 0.29) is 0 Å². The van der Waals surface area contributed by atoms with Crippen LogP contribution in [0.2, 0.25) is 0 Å². The first-order chi connectivity index (χ1) is 8.48. The molecule has 0 saturated heterocycles. The smallest absolute Gasteiger partial charge is 0.223 e. The van der Waals surface area contributed by atoms with Gasteiger partial charge in [-0.1, -0.05) is 13.8 Å². The van der Waals surface area contributed by atoms with Crippen LogP contribution < -0.4 is 5.32 Å². The molecule has 0 heterocycles. The van der Waals surface area contributed by atoms with E-state index in [0.29, 0.717) is 29.8 Å². The average Bonchev–Trinajstić information content (AvgIpc) is 3.12. The van der Waals surface area contributed by atoms with Crippen LogP contribution in [0, 0.1) is 5.41 Å². The van der Waals surface area contributed by atoms with Crippen LogP contribution in [-0.4, -0.2) is 36.5 Å². The third-order valence-electron chi connectivity index (χ3n) is 4.60. The number of rotatable bonds is 5. The summed E-state index contributed by atoms with van der Waals surface area (Å²) in [4.78, 5) is 14.1. The second-order valence-electron chi connectivity index (χ2n) is 6.88. The Bertz CT molecular complexity index is 287. The van der Waals surface area contributed by atoms with Crippen molar-refractivity contribution in [2.45, 2.75) is 70.9 Å². The summed E-state index contributed by atoms with van der Waals surface area (Å²) < 4.78 is 0. The molecule has 2 aliphatic rings. The molecule has 3 nitrogen and oxygen atoms in total. The van der Waals surface area contributed by atoms with Gasteiger partial charge in [-0.3, -0.25) is 4.79 Å². The normalized spacial score (nSPS) is 23.9. The zero-order chi connectivity index (χ0) is 13.2. The number of carbonyl (C=O) groups is 1. The van der Waals surface area contributed by atoms with Gasteiger partial charge in [-0.25, -0.2) is 0 Å². The summed E-state index contributed by atoms with van der Waals surface area (Å²) in [7, 11) is 1.99. The predicted molar refractivity (Wildman–Crippen MR) is 74.4 cm³/mol. The Morgan fingerprint density at radius 2 is 1.83 bits per heavy atom. The van der Waals surface area contributed by atoms with E-state index in [4.69, 9.17) is 0 Å². The average molecular weight is 252 g/mol. The van der Waals surface area contributed by atoms with E-state index in [1.807, 2.05) is 11.9 Å². The summed E-state index contributed by atoms with van der Waals surface area (Å²) in [5.41, 5.74) is 0.480. The van der Waals surface area contributed by atoms with E-state index in [9.17, 15) is 4.79 Å². The lowest BCUT2D eigenvalue weighted by Crippen LogP contribution is -2.41. The van der Waals surface area contributed by atoms with Crippen LogP contribution in [0.4, 0.5) is 0 Å². The molecule has 0 spiro atoms. The first-order valence-corrected chi connectivity index (χ1v) is 7.47. The molecular formula is C15H28N2O. The molecule has 0 atom stereocenters. The van der Waals surface area contributed by atoms with Gasteiger partial charge in [-0.05, 0) is 43.9 Å². The molecule has 104 valence electrons. The van der Waals surface area contributed by atoms with Crippen LogP contribution in [0.25, 0.3) is 0 Å². The maximum absolute atomic E-state index is 12.1. The molecule has 1 N–H and O–H groups in total. The Kier molecular flexibility index (Phi) is 4.31. The molecule has 3 heteroatoms. The van der Waals surface area contributed by atoms with Crippen LogP contribution in [-0.2, 0) is 4.79 Å². The summed E-state index contributed by atoms with van der Waals surface area (Å²) in [5, 5.41) is 3.41. The Balaban J connectivity index is 1.69. The first-order valence-electron chi connectivity index (χ1n) is 7.47. The third kappa shape index (κ3) is 3.98. The van der Waals surface area contributed by atoms with Gasteiger partial charge in [0.25, 0.3) is 0 Å². The highest BCUT2D eigenvalue weighted by atomic mass is 16.2. The van der Waals surface area contributed by atoms with Crippen molar-refractivity contribution < 1.29 is 4.79 Å². The number of carbonyl (C=O) groups excluding carboxylic acids is 1. The molecule has 0 aromatic carbocycles. The molecule has 0 aliphatic heterocycles. The Morgan fingerprint density at radius 1 is 1.22 bits per heavy atom. The zero-order valence-corrected chi connectivity index (χ0v) is 12.2. The topological polar surface area (TPSA) is 32.3 Å². The van der Waals surface area contributed by atoms with E-state index < -0.39 is 0 Å². The van der Waals surface area contributed by atoms with Crippen molar-refractivity contribution in [3.63, 3.8) is 0 Å². The van der Waals surface area contributed by atoms with Crippen molar-refractivity contribution in [2.75, 3.05) is 13.6 Å². The van der Waals surface area contributed by atoms with Crippen molar-refractivity contribution in [3.05, 3.63) is 0 Å². The molecule has 0 aromatic heterocycles. The number of amides is 1.